The Morgan fingerprint density at radius 1 is 1.55 bits per heavy atom. The fourth-order valence-electron chi connectivity index (χ4n) is 0.387. The van der Waals surface area contributed by atoms with Crippen molar-refractivity contribution in [2.24, 2.45) is 0 Å². The summed E-state index contributed by atoms with van der Waals surface area (Å²) < 4.78 is 45.1. The van der Waals surface area contributed by atoms with Gasteiger partial charge in [-0.1, -0.05) is 11.3 Å². The normalized spacial score (nSPS) is 11.5. The number of halogens is 3. The van der Waals surface area contributed by atoms with Gasteiger partial charge in [-0.3, -0.25) is 5.10 Å². The van der Waals surface area contributed by atoms with Gasteiger partial charge in [-0.2, -0.15) is 18.3 Å². The molecule has 1 rings (SSSR count). The third-order valence-electron chi connectivity index (χ3n) is 0.756. The maximum atomic E-state index is 11.8. The molecule has 11 heavy (non-hydrogen) atoms. The van der Waals surface area contributed by atoms with Gasteiger partial charge in [0.05, 0.1) is 0 Å². The number of H-pyrrole nitrogens is 1. The molecule has 0 aromatic carbocycles. The molecule has 1 aromatic heterocycles. The summed E-state index contributed by atoms with van der Waals surface area (Å²) in [5.74, 6) is 0. The van der Waals surface area contributed by atoms with Gasteiger partial charge in [0, 0.05) is 0 Å². The van der Waals surface area contributed by atoms with E-state index in [0.29, 0.717) is 11.3 Å². The standard InChI is InChI=1S/C3HF3N2OS2/c4-3(5,6)1-7-8-2(10-1)11-9/h8H. The fraction of sp³-hybridized carbons (Fsp3) is 0.333. The molecule has 0 amide bonds. The number of aromatic amines is 1. The second-order valence-corrected chi connectivity index (χ2v) is 3.33. The topological polar surface area (TPSA) is 45.8 Å². The third-order valence-corrected chi connectivity index (χ3v) is 2.25. The maximum absolute atomic E-state index is 11.8. The monoisotopic (exact) mass is 202 g/mol. The molecule has 1 aromatic rings. The Morgan fingerprint density at radius 3 is 2.45 bits per heavy atom. The lowest BCUT2D eigenvalue weighted by Gasteiger charge is -1.96. The highest BCUT2D eigenvalue weighted by Crippen LogP contribution is 2.29. The van der Waals surface area contributed by atoms with Crippen molar-refractivity contribution in [2.45, 2.75) is 6.18 Å². The van der Waals surface area contributed by atoms with Crippen LogP contribution in [0.25, 0.3) is 0 Å². The summed E-state index contributed by atoms with van der Waals surface area (Å²) in [7, 11) is 0. The SMILES string of the molecule is O=S=c1[nH]nc(C(F)(F)F)s1. The van der Waals surface area contributed by atoms with Crippen molar-refractivity contribution in [2.75, 3.05) is 0 Å². The molecule has 0 aliphatic rings. The second-order valence-electron chi connectivity index (χ2n) is 1.50. The van der Waals surface area contributed by atoms with Crippen molar-refractivity contribution in [1.82, 2.24) is 10.2 Å². The molecule has 0 aliphatic heterocycles. The van der Waals surface area contributed by atoms with E-state index in [0.717, 1.165) is 0 Å². The second kappa shape index (κ2) is 2.78. The average molecular weight is 202 g/mol. The minimum absolute atomic E-state index is 0.0438. The fourth-order valence-corrected chi connectivity index (χ4v) is 1.32. The van der Waals surface area contributed by atoms with E-state index in [9.17, 15) is 17.4 Å². The summed E-state index contributed by atoms with van der Waals surface area (Å²) in [6.07, 6.45) is -4.46. The largest absolute Gasteiger partial charge is 0.444 e. The first-order chi connectivity index (χ1) is 5.04. The number of aromatic nitrogens is 2. The van der Waals surface area contributed by atoms with Crippen LogP contribution in [-0.4, -0.2) is 14.4 Å². The Bertz CT molecular complexity index is 333. The Balaban J connectivity index is 3.19. The van der Waals surface area contributed by atoms with E-state index >= 15 is 0 Å². The zero-order chi connectivity index (χ0) is 8.48. The van der Waals surface area contributed by atoms with Gasteiger partial charge in [0.15, 0.2) is 0 Å². The summed E-state index contributed by atoms with van der Waals surface area (Å²) in [6.45, 7) is 0. The molecule has 0 saturated carbocycles. The Hall–Kier alpha value is -0.630. The number of nitrogens with one attached hydrogen (secondary N) is 1. The van der Waals surface area contributed by atoms with Crippen molar-refractivity contribution < 1.29 is 17.4 Å². The van der Waals surface area contributed by atoms with Crippen LogP contribution in [0.15, 0.2) is 0 Å². The van der Waals surface area contributed by atoms with Gasteiger partial charge in [0.25, 0.3) is 0 Å². The first-order valence-electron chi connectivity index (χ1n) is 2.29. The summed E-state index contributed by atoms with van der Waals surface area (Å²) in [6, 6.07) is 0. The summed E-state index contributed by atoms with van der Waals surface area (Å²) in [5, 5.41) is 3.84. The van der Waals surface area contributed by atoms with Gasteiger partial charge in [0.1, 0.15) is 11.3 Å². The molecule has 62 valence electrons. The minimum atomic E-state index is -4.46. The van der Waals surface area contributed by atoms with E-state index in [4.69, 9.17) is 0 Å². The molecule has 0 saturated heterocycles. The number of hydrogen-bond donors (Lipinski definition) is 1. The van der Waals surface area contributed by atoms with E-state index in [-0.39, 0.29) is 15.2 Å². The third kappa shape index (κ3) is 1.90. The van der Waals surface area contributed by atoms with Crippen LogP contribution in [0, 0.1) is 3.95 Å². The smallest absolute Gasteiger partial charge is 0.256 e. The van der Waals surface area contributed by atoms with Crippen molar-refractivity contribution in [3.63, 3.8) is 0 Å². The molecule has 0 unspecified atom stereocenters. The average Bonchev–Trinajstić information content (AvgIpc) is 2.32. The van der Waals surface area contributed by atoms with E-state index in [1.807, 2.05) is 5.10 Å². The summed E-state index contributed by atoms with van der Waals surface area (Å²) in [5.41, 5.74) is 0. The number of rotatable bonds is 0. The van der Waals surface area contributed by atoms with E-state index in [2.05, 4.69) is 5.10 Å². The van der Waals surface area contributed by atoms with Gasteiger partial charge >= 0.3 is 6.18 Å². The number of hydrogen-bond acceptors (Lipinski definition) is 3. The van der Waals surface area contributed by atoms with Gasteiger partial charge in [-0.15, -0.1) is 0 Å². The van der Waals surface area contributed by atoms with Crippen LogP contribution >= 0.6 is 11.3 Å². The lowest BCUT2D eigenvalue weighted by atomic mass is 10.7. The molecule has 3 nitrogen and oxygen atoms in total. The van der Waals surface area contributed by atoms with Crippen molar-refractivity contribution >= 4 is 22.6 Å². The number of alkyl halides is 3. The van der Waals surface area contributed by atoms with Crippen LogP contribution in [0.1, 0.15) is 5.01 Å². The van der Waals surface area contributed by atoms with Crippen LogP contribution < -0.4 is 0 Å². The summed E-state index contributed by atoms with van der Waals surface area (Å²) in [4.78, 5) is 0. The molecule has 0 atom stereocenters. The molecular formula is C3HF3N2OS2. The molecule has 8 heteroatoms. The first-order valence-corrected chi connectivity index (χ1v) is 3.85. The zero-order valence-electron chi connectivity index (χ0n) is 4.81. The quantitative estimate of drug-likeness (QED) is 0.643. The lowest BCUT2D eigenvalue weighted by Crippen LogP contribution is -2.03. The predicted octanol–water partition coefficient (Wildman–Crippen LogP) is 1.23. The number of nitrogens with zero attached hydrogens (tertiary/aromatic N) is 1. The highest BCUT2D eigenvalue weighted by atomic mass is 32.2. The van der Waals surface area contributed by atoms with Crippen molar-refractivity contribution in [3.05, 3.63) is 8.96 Å². The lowest BCUT2D eigenvalue weighted by molar-refractivity contribution is -0.138. The van der Waals surface area contributed by atoms with Crippen LogP contribution in [0.4, 0.5) is 13.2 Å². The van der Waals surface area contributed by atoms with Crippen LogP contribution in [-0.2, 0) is 17.4 Å². The maximum Gasteiger partial charge on any atom is 0.444 e. The van der Waals surface area contributed by atoms with Gasteiger partial charge in [-0.25, -0.2) is 4.21 Å². The molecule has 0 fully saturated rings. The highest BCUT2D eigenvalue weighted by molar-refractivity contribution is 7.59. The van der Waals surface area contributed by atoms with Crippen molar-refractivity contribution in [3.8, 4) is 0 Å². The highest BCUT2D eigenvalue weighted by Gasteiger charge is 2.34. The Morgan fingerprint density at radius 2 is 2.18 bits per heavy atom. The van der Waals surface area contributed by atoms with Crippen LogP contribution in [0.3, 0.4) is 0 Å². The molecule has 0 spiro atoms. The van der Waals surface area contributed by atoms with E-state index < -0.39 is 11.2 Å². The van der Waals surface area contributed by atoms with Gasteiger partial charge < -0.3 is 0 Å². The zero-order valence-corrected chi connectivity index (χ0v) is 6.44. The molecular weight excluding hydrogens is 201 g/mol. The first kappa shape index (κ1) is 8.47. The van der Waals surface area contributed by atoms with Gasteiger partial charge in [-0.05, 0) is 0 Å². The molecule has 0 bridgehead atoms. The molecule has 1 N–H and O–H groups in total. The predicted molar refractivity (Wildman–Crippen MR) is 32.9 cm³/mol. The minimum Gasteiger partial charge on any atom is -0.256 e. The van der Waals surface area contributed by atoms with Gasteiger partial charge in [0.2, 0.25) is 8.96 Å². The summed E-state index contributed by atoms with van der Waals surface area (Å²) >= 11 is 0.255. The van der Waals surface area contributed by atoms with Crippen molar-refractivity contribution in [1.29, 1.82) is 0 Å². The van der Waals surface area contributed by atoms with E-state index in [1.54, 1.807) is 0 Å². The molecule has 0 radical (unpaired) electrons. The van der Waals surface area contributed by atoms with Crippen LogP contribution in [0.2, 0.25) is 0 Å². The molecule has 1 heterocycles. The van der Waals surface area contributed by atoms with Crippen LogP contribution in [0.5, 0.6) is 0 Å². The molecule has 0 aliphatic carbocycles. The van der Waals surface area contributed by atoms with E-state index in [1.165, 1.54) is 0 Å². The Labute approximate surface area is 66.0 Å². The Kier molecular flexibility index (Phi) is 2.14.